The van der Waals surface area contributed by atoms with E-state index in [0.29, 0.717) is 38.2 Å². The predicted molar refractivity (Wildman–Crippen MR) is 96.8 cm³/mol. The summed E-state index contributed by atoms with van der Waals surface area (Å²) in [4.78, 5) is 26.2. The zero-order valence-electron chi connectivity index (χ0n) is 15.0. The van der Waals surface area contributed by atoms with Gasteiger partial charge in [-0.15, -0.1) is 0 Å². The quantitative estimate of drug-likeness (QED) is 0.706. The van der Waals surface area contributed by atoms with Crippen molar-refractivity contribution in [3.63, 3.8) is 0 Å². The minimum Gasteiger partial charge on any atom is -0.466 e. The number of nitrogens with one attached hydrogen (secondary N) is 1. The van der Waals surface area contributed by atoms with Crippen LogP contribution >= 0.6 is 0 Å². The smallest absolute Gasteiger partial charge is 0.309 e. The normalized spacial score (nSPS) is 17.5. The summed E-state index contributed by atoms with van der Waals surface area (Å²) in [5.74, 6) is -0.464. The van der Waals surface area contributed by atoms with Gasteiger partial charge in [-0.2, -0.15) is 0 Å². The molecule has 3 N–H and O–H groups in total. The molecule has 1 aliphatic heterocycles. The van der Waals surface area contributed by atoms with Gasteiger partial charge in [-0.3, -0.25) is 14.5 Å². The molecule has 1 aliphatic rings. The summed E-state index contributed by atoms with van der Waals surface area (Å²) in [7, 11) is -3.76. The van der Waals surface area contributed by atoms with Crippen LogP contribution in [-0.4, -0.2) is 50.9 Å². The fraction of sp³-hybridized carbons (Fsp3) is 0.529. The van der Waals surface area contributed by atoms with Gasteiger partial charge in [-0.25, -0.2) is 13.6 Å². The first-order chi connectivity index (χ1) is 12.2. The van der Waals surface area contributed by atoms with Crippen LogP contribution in [0, 0.1) is 5.92 Å². The SMILES string of the molecule is CCOC(=O)C1CCN([C@H](C)C(=O)Nc2ccc(S(N)(=O)=O)cc2)CC1. The van der Waals surface area contributed by atoms with Gasteiger partial charge in [0, 0.05) is 5.69 Å². The second-order valence-corrected chi connectivity index (χ2v) is 7.86. The number of rotatable bonds is 6. The molecular formula is C17H25N3O5S. The Morgan fingerprint density at radius 3 is 2.35 bits per heavy atom. The first-order valence-electron chi connectivity index (χ1n) is 8.56. The number of nitrogens with two attached hydrogens (primary N) is 1. The molecule has 1 atom stereocenters. The topological polar surface area (TPSA) is 119 Å². The minimum atomic E-state index is -3.76. The molecule has 1 fully saturated rings. The Labute approximate surface area is 153 Å². The van der Waals surface area contributed by atoms with Crippen LogP contribution in [0.2, 0.25) is 0 Å². The molecule has 0 unspecified atom stereocenters. The van der Waals surface area contributed by atoms with Crippen molar-refractivity contribution >= 4 is 27.6 Å². The maximum atomic E-state index is 12.4. The number of hydrogen-bond acceptors (Lipinski definition) is 6. The Balaban J connectivity index is 1.89. The monoisotopic (exact) mass is 383 g/mol. The van der Waals surface area contributed by atoms with Crippen molar-refractivity contribution in [1.82, 2.24) is 4.90 Å². The maximum Gasteiger partial charge on any atom is 0.309 e. The van der Waals surface area contributed by atoms with Gasteiger partial charge < -0.3 is 10.1 Å². The molecule has 1 aromatic rings. The average Bonchev–Trinajstić information content (AvgIpc) is 2.61. The summed E-state index contributed by atoms with van der Waals surface area (Å²) < 4.78 is 27.5. The van der Waals surface area contributed by atoms with Crippen LogP contribution in [0.15, 0.2) is 29.2 Å². The highest BCUT2D eigenvalue weighted by Crippen LogP contribution is 2.21. The third-order valence-electron chi connectivity index (χ3n) is 4.53. The van der Waals surface area contributed by atoms with Crippen molar-refractivity contribution in [2.45, 2.75) is 37.6 Å². The summed E-state index contributed by atoms with van der Waals surface area (Å²) in [5.41, 5.74) is 0.496. The van der Waals surface area contributed by atoms with Gasteiger partial charge in [0.2, 0.25) is 15.9 Å². The van der Waals surface area contributed by atoms with Crippen molar-refractivity contribution < 1.29 is 22.7 Å². The van der Waals surface area contributed by atoms with E-state index in [1.54, 1.807) is 13.8 Å². The summed E-state index contributed by atoms with van der Waals surface area (Å²) in [5, 5.41) is 7.81. The number of carbonyl (C=O) groups excluding carboxylic acids is 2. The zero-order chi connectivity index (χ0) is 19.3. The van der Waals surface area contributed by atoms with Crippen LogP contribution in [0.25, 0.3) is 0 Å². The molecule has 0 aromatic heterocycles. The first kappa shape index (κ1) is 20.3. The number of sulfonamides is 1. The van der Waals surface area contributed by atoms with Gasteiger partial charge in [-0.05, 0) is 64.0 Å². The second-order valence-electron chi connectivity index (χ2n) is 6.30. The van der Waals surface area contributed by atoms with Gasteiger partial charge in [0.25, 0.3) is 0 Å². The number of benzene rings is 1. The van der Waals surface area contributed by atoms with E-state index >= 15 is 0 Å². The number of piperidine rings is 1. The molecule has 1 amide bonds. The average molecular weight is 383 g/mol. The molecule has 26 heavy (non-hydrogen) atoms. The Hall–Kier alpha value is -1.97. The van der Waals surface area contributed by atoms with Crippen molar-refractivity contribution in [3.05, 3.63) is 24.3 Å². The Kier molecular flexibility index (Phi) is 6.74. The third-order valence-corrected chi connectivity index (χ3v) is 5.46. The van der Waals surface area contributed by atoms with Gasteiger partial charge in [-0.1, -0.05) is 0 Å². The van der Waals surface area contributed by atoms with E-state index < -0.39 is 10.0 Å². The van der Waals surface area contributed by atoms with Crippen LogP contribution < -0.4 is 10.5 Å². The maximum absolute atomic E-state index is 12.4. The number of anilines is 1. The lowest BCUT2D eigenvalue weighted by Gasteiger charge is -2.34. The molecule has 0 spiro atoms. The van der Waals surface area contributed by atoms with Crippen molar-refractivity contribution in [1.29, 1.82) is 0 Å². The number of carbonyl (C=O) groups is 2. The molecule has 1 aromatic carbocycles. The van der Waals surface area contributed by atoms with Gasteiger partial charge in [0.15, 0.2) is 0 Å². The Morgan fingerprint density at radius 2 is 1.85 bits per heavy atom. The molecule has 1 saturated heterocycles. The lowest BCUT2D eigenvalue weighted by molar-refractivity contribution is -0.149. The number of amides is 1. The molecule has 1 heterocycles. The van der Waals surface area contributed by atoms with E-state index in [1.165, 1.54) is 24.3 Å². The van der Waals surface area contributed by atoms with Gasteiger partial charge >= 0.3 is 5.97 Å². The zero-order valence-corrected chi connectivity index (χ0v) is 15.8. The Morgan fingerprint density at radius 1 is 1.27 bits per heavy atom. The molecule has 0 aliphatic carbocycles. The fourth-order valence-electron chi connectivity index (χ4n) is 2.92. The number of nitrogens with zero attached hydrogens (tertiary/aromatic N) is 1. The molecule has 0 saturated carbocycles. The van der Waals surface area contributed by atoms with Gasteiger partial charge in [0.1, 0.15) is 0 Å². The molecule has 144 valence electrons. The standard InChI is InChI=1S/C17H25N3O5S/c1-3-25-17(22)13-8-10-20(11-9-13)12(2)16(21)19-14-4-6-15(7-5-14)26(18,23)24/h4-7,12-13H,3,8-11H2,1-2H3,(H,19,21)(H2,18,23,24)/t12-/m1/s1. The fourth-order valence-corrected chi connectivity index (χ4v) is 3.44. The van der Waals surface area contributed by atoms with Crippen molar-refractivity contribution in [3.8, 4) is 0 Å². The second kappa shape index (κ2) is 8.61. The number of primary sulfonamides is 1. The summed E-state index contributed by atoms with van der Waals surface area (Å²) >= 11 is 0. The van der Waals surface area contributed by atoms with Crippen molar-refractivity contribution in [2.24, 2.45) is 11.1 Å². The van der Waals surface area contributed by atoms with Crippen LogP contribution in [0.3, 0.4) is 0 Å². The molecule has 2 rings (SSSR count). The van der Waals surface area contributed by atoms with Gasteiger partial charge in [0.05, 0.1) is 23.5 Å². The Bertz CT molecular complexity index is 740. The van der Waals surface area contributed by atoms with E-state index in [4.69, 9.17) is 9.88 Å². The highest BCUT2D eigenvalue weighted by Gasteiger charge is 2.30. The van der Waals surface area contributed by atoms with Crippen LogP contribution in [0.1, 0.15) is 26.7 Å². The van der Waals surface area contributed by atoms with Crippen LogP contribution in [-0.2, 0) is 24.3 Å². The number of ether oxygens (including phenoxy) is 1. The molecular weight excluding hydrogens is 358 g/mol. The summed E-state index contributed by atoms with van der Waals surface area (Å²) in [6.07, 6.45) is 1.33. The largest absolute Gasteiger partial charge is 0.466 e. The number of likely N-dealkylation sites (tertiary alicyclic amines) is 1. The summed E-state index contributed by atoms with van der Waals surface area (Å²) in [6.45, 7) is 5.25. The highest BCUT2D eigenvalue weighted by atomic mass is 32.2. The molecule has 0 bridgehead atoms. The van der Waals surface area contributed by atoms with Crippen LogP contribution in [0.4, 0.5) is 5.69 Å². The summed E-state index contributed by atoms with van der Waals surface area (Å²) in [6, 6.07) is 5.33. The lowest BCUT2D eigenvalue weighted by Crippen LogP contribution is -2.47. The molecule has 0 radical (unpaired) electrons. The van der Waals surface area contributed by atoms with E-state index in [0.717, 1.165) is 0 Å². The number of esters is 1. The predicted octanol–water partition coefficient (Wildman–Crippen LogP) is 0.936. The first-order valence-corrected chi connectivity index (χ1v) is 10.1. The third kappa shape index (κ3) is 5.26. The van der Waals surface area contributed by atoms with Crippen LogP contribution in [0.5, 0.6) is 0 Å². The molecule has 8 nitrogen and oxygen atoms in total. The highest BCUT2D eigenvalue weighted by molar-refractivity contribution is 7.89. The van der Waals surface area contributed by atoms with E-state index in [9.17, 15) is 18.0 Å². The number of hydrogen-bond donors (Lipinski definition) is 2. The van der Waals surface area contributed by atoms with Crippen molar-refractivity contribution in [2.75, 3.05) is 25.0 Å². The molecule has 9 heteroatoms. The lowest BCUT2D eigenvalue weighted by atomic mass is 9.96. The minimum absolute atomic E-state index is 0.00964. The van der Waals surface area contributed by atoms with E-state index in [2.05, 4.69) is 5.32 Å². The van der Waals surface area contributed by atoms with E-state index in [1.807, 2.05) is 4.90 Å². The van der Waals surface area contributed by atoms with E-state index in [-0.39, 0.29) is 28.7 Å².